The zero-order valence-electron chi connectivity index (χ0n) is 13.2. The third-order valence-corrected chi connectivity index (χ3v) is 5.90. The summed E-state index contributed by atoms with van der Waals surface area (Å²) < 4.78 is 3.29. The Bertz CT molecular complexity index is 1000. The zero-order chi connectivity index (χ0) is 16.7. The van der Waals surface area contributed by atoms with Crippen molar-refractivity contribution in [3.8, 4) is 5.69 Å². The summed E-state index contributed by atoms with van der Waals surface area (Å²) in [6, 6.07) is 11.2. The Balaban J connectivity index is 2.06. The summed E-state index contributed by atoms with van der Waals surface area (Å²) in [5, 5.41) is 8.89. The predicted octanol–water partition coefficient (Wildman–Crippen LogP) is 2.91. The highest BCUT2D eigenvalue weighted by atomic mass is 32.2. The quantitative estimate of drug-likeness (QED) is 0.722. The van der Waals surface area contributed by atoms with Gasteiger partial charge in [0.25, 0.3) is 5.56 Å². The highest BCUT2D eigenvalue weighted by Gasteiger charge is 2.20. The SMILES string of the molecule is C[C@H](N)c1nn2ccc([SH]3C=CC=C3)c2c(=O)n1-c1ccccc1. The summed E-state index contributed by atoms with van der Waals surface area (Å²) in [4.78, 5) is 14.3. The number of nitrogens with two attached hydrogens (primary N) is 1. The lowest BCUT2D eigenvalue weighted by Gasteiger charge is -2.16. The van der Waals surface area contributed by atoms with E-state index in [1.54, 1.807) is 9.08 Å². The topological polar surface area (TPSA) is 65.3 Å². The standard InChI is InChI=1S/C18H18N4OS/c1-13(19)17-20-21-10-9-15(24-11-5-6-12-24)16(21)18(23)22(17)14-7-3-2-4-8-14/h2-13,24H,19H2,1H3/t13-/m0/s1. The molecule has 6 heteroatoms. The molecule has 0 radical (unpaired) electrons. The fraction of sp³-hybridized carbons (Fsp3) is 0.111. The van der Waals surface area contributed by atoms with E-state index < -0.39 is 10.9 Å². The third-order valence-electron chi connectivity index (χ3n) is 3.99. The largest absolute Gasteiger partial charge is 0.322 e. The lowest BCUT2D eigenvalue weighted by molar-refractivity contribution is 0.646. The van der Waals surface area contributed by atoms with Crippen LogP contribution in [0, 0.1) is 0 Å². The fourth-order valence-corrected chi connectivity index (χ4v) is 4.56. The van der Waals surface area contributed by atoms with Crippen LogP contribution in [0.25, 0.3) is 11.2 Å². The van der Waals surface area contributed by atoms with E-state index in [4.69, 9.17) is 5.73 Å². The van der Waals surface area contributed by atoms with E-state index in [1.165, 1.54) is 0 Å². The van der Waals surface area contributed by atoms with Gasteiger partial charge in [-0.15, -0.1) is 0 Å². The van der Waals surface area contributed by atoms with Crippen molar-refractivity contribution in [3.63, 3.8) is 0 Å². The Hall–Kier alpha value is -2.57. The number of nitrogens with zero attached hydrogens (tertiary/aromatic N) is 3. The molecule has 1 aliphatic rings. The van der Waals surface area contributed by atoms with Gasteiger partial charge in [0.15, 0.2) is 5.82 Å². The molecular formula is C18H18N4OS. The molecule has 0 amide bonds. The summed E-state index contributed by atoms with van der Waals surface area (Å²) >= 11 is 0. The molecule has 0 spiro atoms. The van der Waals surface area contributed by atoms with Crippen molar-refractivity contribution in [2.24, 2.45) is 5.73 Å². The van der Waals surface area contributed by atoms with Gasteiger partial charge in [-0.3, -0.25) is 9.36 Å². The maximum absolute atomic E-state index is 13.3. The molecule has 3 aromatic rings. The molecule has 1 atom stereocenters. The highest BCUT2D eigenvalue weighted by Crippen LogP contribution is 2.43. The van der Waals surface area contributed by atoms with Crippen molar-refractivity contribution < 1.29 is 0 Å². The van der Waals surface area contributed by atoms with Gasteiger partial charge in [0, 0.05) is 11.1 Å². The minimum absolute atomic E-state index is 0.0836. The van der Waals surface area contributed by atoms with Gasteiger partial charge in [0.05, 0.1) is 11.7 Å². The minimum Gasteiger partial charge on any atom is -0.322 e. The van der Waals surface area contributed by atoms with E-state index in [1.807, 2.05) is 61.7 Å². The van der Waals surface area contributed by atoms with Crippen molar-refractivity contribution >= 4 is 16.4 Å². The zero-order valence-corrected chi connectivity index (χ0v) is 14.1. The van der Waals surface area contributed by atoms with Crippen LogP contribution in [0.5, 0.6) is 0 Å². The molecule has 0 aliphatic carbocycles. The molecule has 0 fully saturated rings. The molecule has 1 aromatic carbocycles. The molecule has 24 heavy (non-hydrogen) atoms. The van der Waals surface area contributed by atoms with E-state index in [0.29, 0.717) is 11.3 Å². The average molecular weight is 338 g/mol. The van der Waals surface area contributed by atoms with Crippen molar-refractivity contribution in [1.29, 1.82) is 0 Å². The van der Waals surface area contributed by atoms with Gasteiger partial charge in [-0.1, -0.05) is 30.4 Å². The number of fused-ring (bicyclic) bond motifs is 1. The van der Waals surface area contributed by atoms with Crippen molar-refractivity contribution in [1.82, 2.24) is 14.2 Å². The van der Waals surface area contributed by atoms with Crippen LogP contribution in [0.3, 0.4) is 0 Å². The summed E-state index contributed by atoms with van der Waals surface area (Å²) in [6.07, 6.45) is 5.89. The first kappa shape index (κ1) is 15.0. The maximum Gasteiger partial charge on any atom is 0.283 e. The molecule has 2 N–H and O–H groups in total. The van der Waals surface area contributed by atoms with Crippen LogP contribution in [-0.4, -0.2) is 14.2 Å². The Labute approximate surface area is 142 Å². The molecular weight excluding hydrogens is 320 g/mol. The fourth-order valence-electron chi connectivity index (χ4n) is 2.89. The van der Waals surface area contributed by atoms with Gasteiger partial charge in [-0.25, -0.2) is 4.52 Å². The van der Waals surface area contributed by atoms with Crippen LogP contribution < -0.4 is 11.3 Å². The van der Waals surface area contributed by atoms with Crippen molar-refractivity contribution in [2.45, 2.75) is 17.9 Å². The summed E-state index contributed by atoms with van der Waals surface area (Å²) in [5.41, 5.74) is 7.40. The van der Waals surface area contributed by atoms with E-state index in [9.17, 15) is 4.79 Å². The number of thiol groups is 1. The first-order chi connectivity index (χ1) is 11.7. The van der Waals surface area contributed by atoms with Gasteiger partial charge in [0.2, 0.25) is 0 Å². The molecule has 3 heterocycles. The first-order valence-electron chi connectivity index (χ1n) is 7.75. The minimum atomic E-state index is -0.592. The van der Waals surface area contributed by atoms with E-state index >= 15 is 0 Å². The lowest BCUT2D eigenvalue weighted by atomic mass is 10.2. The predicted molar refractivity (Wildman–Crippen MR) is 98.9 cm³/mol. The van der Waals surface area contributed by atoms with E-state index in [-0.39, 0.29) is 11.6 Å². The van der Waals surface area contributed by atoms with Crippen LogP contribution in [0.15, 0.2) is 75.3 Å². The molecule has 0 saturated carbocycles. The maximum atomic E-state index is 13.3. The number of allylic oxidation sites excluding steroid dienone is 2. The average Bonchev–Trinajstić information content (AvgIpc) is 3.24. The van der Waals surface area contributed by atoms with Gasteiger partial charge in [-0.2, -0.15) is 16.0 Å². The molecule has 0 unspecified atom stereocenters. The van der Waals surface area contributed by atoms with E-state index in [2.05, 4.69) is 15.9 Å². The molecule has 2 aromatic heterocycles. The Kier molecular flexibility index (Phi) is 3.63. The van der Waals surface area contributed by atoms with Crippen LogP contribution in [0.4, 0.5) is 0 Å². The molecule has 0 bridgehead atoms. The number of aromatic nitrogens is 3. The Morgan fingerprint density at radius 3 is 2.50 bits per heavy atom. The Morgan fingerprint density at radius 1 is 1.12 bits per heavy atom. The number of hydrogen-bond donors (Lipinski definition) is 2. The third kappa shape index (κ3) is 2.31. The van der Waals surface area contributed by atoms with Crippen LogP contribution in [0.1, 0.15) is 18.8 Å². The Morgan fingerprint density at radius 2 is 1.83 bits per heavy atom. The highest BCUT2D eigenvalue weighted by molar-refractivity contribution is 8.22. The number of benzene rings is 1. The second-order valence-corrected chi connectivity index (χ2v) is 7.60. The first-order valence-corrected chi connectivity index (χ1v) is 9.23. The summed E-state index contributed by atoms with van der Waals surface area (Å²) in [6.45, 7) is 1.84. The van der Waals surface area contributed by atoms with E-state index in [0.717, 1.165) is 10.6 Å². The molecule has 1 aliphatic heterocycles. The molecule has 122 valence electrons. The van der Waals surface area contributed by atoms with Crippen molar-refractivity contribution in [3.05, 3.63) is 81.7 Å². The number of para-hydroxylation sites is 1. The van der Waals surface area contributed by atoms with Gasteiger partial charge < -0.3 is 5.73 Å². The smallest absolute Gasteiger partial charge is 0.283 e. The second kappa shape index (κ2) is 5.81. The normalized spacial score (nSPS) is 16.2. The van der Waals surface area contributed by atoms with Gasteiger partial charge >= 0.3 is 0 Å². The molecule has 5 nitrogen and oxygen atoms in total. The lowest BCUT2D eigenvalue weighted by Crippen LogP contribution is -2.29. The number of rotatable bonds is 3. The monoisotopic (exact) mass is 338 g/mol. The number of hydrogen-bond acceptors (Lipinski definition) is 3. The second-order valence-electron chi connectivity index (χ2n) is 5.71. The van der Waals surface area contributed by atoms with Gasteiger partial charge in [0.1, 0.15) is 5.52 Å². The van der Waals surface area contributed by atoms with Crippen LogP contribution >= 0.6 is 10.9 Å². The molecule has 4 rings (SSSR count). The summed E-state index contributed by atoms with van der Waals surface area (Å²) in [7, 11) is -0.592. The van der Waals surface area contributed by atoms with Crippen LogP contribution in [-0.2, 0) is 0 Å². The van der Waals surface area contributed by atoms with Gasteiger partial charge in [-0.05, 0) is 35.9 Å². The van der Waals surface area contributed by atoms with Crippen LogP contribution in [0.2, 0.25) is 0 Å². The summed E-state index contributed by atoms with van der Waals surface area (Å²) in [5.74, 6) is 0.547. The molecule has 0 saturated heterocycles. The van der Waals surface area contributed by atoms with Crippen molar-refractivity contribution in [2.75, 3.05) is 0 Å².